The highest BCUT2D eigenvalue weighted by Crippen LogP contribution is 2.36. The van der Waals surface area contributed by atoms with Crippen molar-refractivity contribution < 1.29 is 14.3 Å². The molecule has 0 spiro atoms. The standard InChI is InChI=1S/C20H19BrN6O3/c1-20(2,29)19-24-17(21)16(30-19)18(28)26-8-6-12-14(23-10-22-12)15(26)13-9-11-5-3-4-7-27(11)25-13/h3-5,7,9-10,15,29H,6,8H2,1-2H3,(H,22,23)/t15-/m0/s1. The van der Waals surface area contributed by atoms with E-state index in [2.05, 4.69) is 36.0 Å². The lowest BCUT2D eigenvalue weighted by Crippen LogP contribution is -2.41. The lowest BCUT2D eigenvalue weighted by atomic mass is 9.99. The van der Waals surface area contributed by atoms with Gasteiger partial charge in [0.05, 0.1) is 23.2 Å². The van der Waals surface area contributed by atoms with Crippen molar-refractivity contribution in [3.8, 4) is 0 Å². The third kappa shape index (κ3) is 3.03. The summed E-state index contributed by atoms with van der Waals surface area (Å²) in [4.78, 5) is 27.0. The Kier molecular flexibility index (Phi) is 4.30. The summed E-state index contributed by atoms with van der Waals surface area (Å²) in [5, 5.41) is 14.9. The molecule has 0 aliphatic carbocycles. The van der Waals surface area contributed by atoms with Crippen LogP contribution < -0.4 is 0 Å². The van der Waals surface area contributed by atoms with Crippen LogP contribution >= 0.6 is 15.9 Å². The molecule has 4 aromatic rings. The molecular formula is C20H19BrN6O3. The average molecular weight is 471 g/mol. The van der Waals surface area contributed by atoms with Gasteiger partial charge in [0.2, 0.25) is 11.7 Å². The molecule has 154 valence electrons. The molecule has 0 fully saturated rings. The Balaban J connectivity index is 1.60. The fourth-order valence-corrected chi connectivity index (χ4v) is 4.12. The second-order valence-electron chi connectivity index (χ2n) is 7.75. The maximum atomic E-state index is 13.5. The van der Waals surface area contributed by atoms with Crippen molar-refractivity contribution in [3.05, 3.63) is 70.1 Å². The van der Waals surface area contributed by atoms with E-state index in [1.54, 1.807) is 29.6 Å². The molecule has 9 nitrogen and oxygen atoms in total. The Bertz CT molecular complexity index is 1220. The summed E-state index contributed by atoms with van der Waals surface area (Å²) in [5.41, 5.74) is 2.07. The molecular weight excluding hydrogens is 452 g/mol. The van der Waals surface area contributed by atoms with E-state index < -0.39 is 11.6 Å². The largest absolute Gasteiger partial charge is 0.431 e. The molecule has 5 heterocycles. The molecule has 1 aliphatic rings. The van der Waals surface area contributed by atoms with Gasteiger partial charge in [0.1, 0.15) is 11.6 Å². The SMILES string of the molecule is CC(C)(O)c1nc(Br)c(C(=O)N2CCc3[nH]cnc3[C@@H]2c2cc3ccccn3n2)o1. The number of imidazole rings is 1. The molecule has 1 aliphatic heterocycles. The number of halogens is 1. The molecule has 0 unspecified atom stereocenters. The van der Waals surface area contributed by atoms with E-state index in [0.717, 1.165) is 16.9 Å². The second kappa shape index (κ2) is 6.78. The number of aromatic nitrogens is 5. The minimum Gasteiger partial charge on any atom is -0.431 e. The number of H-pyrrole nitrogens is 1. The number of rotatable bonds is 3. The first-order valence-corrected chi connectivity index (χ1v) is 10.3. The quantitative estimate of drug-likeness (QED) is 0.475. The topological polar surface area (TPSA) is 113 Å². The molecule has 4 aromatic heterocycles. The van der Waals surface area contributed by atoms with Gasteiger partial charge in [-0.2, -0.15) is 5.10 Å². The molecule has 2 N–H and O–H groups in total. The number of hydrogen-bond acceptors (Lipinski definition) is 6. The Hall–Kier alpha value is -2.98. The van der Waals surface area contributed by atoms with E-state index in [-0.39, 0.29) is 22.2 Å². The van der Waals surface area contributed by atoms with Crippen LogP contribution in [-0.2, 0) is 12.0 Å². The number of oxazole rings is 1. The van der Waals surface area contributed by atoms with Crippen LogP contribution in [0, 0.1) is 0 Å². The van der Waals surface area contributed by atoms with Crippen molar-refractivity contribution in [2.45, 2.75) is 31.9 Å². The van der Waals surface area contributed by atoms with Crippen LogP contribution in [0.15, 0.2) is 45.8 Å². The van der Waals surface area contributed by atoms with E-state index in [9.17, 15) is 9.90 Å². The summed E-state index contributed by atoms with van der Waals surface area (Å²) in [5.74, 6) is -0.236. The molecule has 0 radical (unpaired) electrons. The van der Waals surface area contributed by atoms with Crippen LogP contribution in [0.5, 0.6) is 0 Å². The summed E-state index contributed by atoms with van der Waals surface area (Å²) >= 11 is 3.30. The van der Waals surface area contributed by atoms with Gasteiger partial charge in [-0.3, -0.25) is 4.79 Å². The molecule has 10 heteroatoms. The lowest BCUT2D eigenvalue weighted by Gasteiger charge is -2.33. The van der Waals surface area contributed by atoms with Gasteiger partial charge in [0, 0.05) is 24.9 Å². The van der Waals surface area contributed by atoms with E-state index in [1.807, 2.05) is 30.5 Å². The first-order chi connectivity index (χ1) is 14.3. The number of aromatic amines is 1. The highest BCUT2D eigenvalue weighted by atomic mass is 79.9. The van der Waals surface area contributed by atoms with Gasteiger partial charge in [-0.15, -0.1) is 0 Å². The van der Waals surface area contributed by atoms with Crippen molar-refractivity contribution in [2.75, 3.05) is 6.54 Å². The zero-order valence-electron chi connectivity index (χ0n) is 16.3. The average Bonchev–Trinajstić information content (AvgIpc) is 3.43. The summed E-state index contributed by atoms with van der Waals surface area (Å²) < 4.78 is 7.68. The van der Waals surface area contributed by atoms with Crippen LogP contribution in [0.4, 0.5) is 0 Å². The predicted octanol–water partition coefficient (Wildman–Crippen LogP) is 2.82. The third-order valence-corrected chi connectivity index (χ3v) is 5.70. The number of hydrogen-bond donors (Lipinski definition) is 2. The zero-order valence-corrected chi connectivity index (χ0v) is 17.9. The van der Waals surface area contributed by atoms with E-state index in [4.69, 9.17) is 4.42 Å². The van der Waals surface area contributed by atoms with Crippen molar-refractivity contribution in [1.29, 1.82) is 0 Å². The lowest BCUT2D eigenvalue weighted by molar-refractivity contribution is 0.0440. The molecule has 5 rings (SSSR count). The molecule has 0 bridgehead atoms. The molecule has 1 atom stereocenters. The van der Waals surface area contributed by atoms with Gasteiger partial charge >= 0.3 is 0 Å². The van der Waals surface area contributed by atoms with Crippen molar-refractivity contribution >= 4 is 27.4 Å². The number of nitrogens with zero attached hydrogens (tertiary/aromatic N) is 5. The van der Waals surface area contributed by atoms with Gasteiger partial charge < -0.3 is 19.4 Å². The fourth-order valence-electron chi connectivity index (χ4n) is 3.71. The van der Waals surface area contributed by atoms with Gasteiger partial charge in [-0.1, -0.05) is 6.07 Å². The summed E-state index contributed by atoms with van der Waals surface area (Å²) in [6.45, 7) is 3.56. The molecule has 0 saturated heterocycles. The van der Waals surface area contributed by atoms with Gasteiger partial charge in [-0.25, -0.2) is 14.5 Å². The highest BCUT2D eigenvalue weighted by Gasteiger charge is 2.39. The molecule has 0 aromatic carbocycles. The third-order valence-electron chi connectivity index (χ3n) is 5.16. The normalized spacial score (nSPS) is 16.8. The van der Waals surface area contributed by atoms with E-state index in [0.29, 0.717) is 18.7 Å². The number of fused-ring (bicyclic) bond motifs is 2. The fraction of sp³-hybridized carbons (Fsp3) is 0.300. The number of aliphatic hydroxyl groups is 1. The van der Waals surface area contributed by atoms with Crippen LogP contribution in [0.2, 0.25) is 0 Å². The van der Waals surface area contributed by atoms with Gasteiger partial charge in [-0.05, 0) is 48.0 Å². The molecule has 30 heavy (non-hydrogen) atoms. The summed E-state index contributed by atoms with van der Waals surface area (Å²) in [7, 11) is 0. The number of carbonyl (C=O) groups excluding carboxylic acids is 1. The van der Waals surface area contributed by atoms with Crippen molar-refractivity contribution in [1.82, 2.24) is 29.5 Å². The number of pyridine rings is 1. The van der Waals surface area contributed by atoms with E-state index in [1.165, 1.54) is 0 Å². The second-order valence-corrected chi connectivity index (χ2v) is 8.51. The minimum absolute atomic E-state index is 0.0416. The van der Waals surface area contributed by atoms with Gasteiger partial charge in [0.25, 0.3) is 5.91 Å². The van der Waals surface area contributed by atoms with Crippen LogP contribution in [0.1, 0.15) is 53.4 Å². The Labute approximate surface area is 179 Å². The maximum absolute atomic E-state index is 13.5. The predicted molar refractivity (Wildman–Crippen MR) is 110 cm³/mol. The van der Waals surface area contributed by atoms with Crippen LogP contribution in [0.3, 0.4) is 0 Å². The first-order valence-electron chi connectivity index (χ1n) is 9.49. The monoisotopic (exact) mass is 470 g/mol. The smallest absolute Gasteiger partial charge is 0.293 e. The van der Waals surface area contributed by atoms with Crippen LogP contribution in [0.25, 0.3) is 5.52 Å². The Morgan fingerprint density at radius 3 is 2.97 bits per heavy atom. The summed E-state index contributed by atoms with van der Waals surface area (Å²) in [6, 6.07) is 7.27. The van der Waals surface area contributed by atoms with Gasteiger partial charge in [0.15, 0.2) is 4.60 Å². The highest BCUT2D eigenvalue weighted by molar-refractivity contribution is 9.10. The van der Waals surface area contributed by atoms with Crippen molar-refractivity contribution in [3.63, 3.8) is 0 Å². The van der Waals surface area contributed by atoms with Crippen molar-refractivity contribution in [2.24, 2.45) is 0 Å². The zero-order chi connectivity index (χ0) is 21.0. The number of nitrogens with one attached hydrogen (secondary N) is 1. The van der Waals surface area contributed by atoms with Crippen LogP contribution in [-0.4, -0.2) is 47.0 Å². The molecule has 0 saturated carbocycles. The molecule has 1 amide bonds. The van der Waals surface area contributed by atoms with E-state index >= 15 is 0 Å². The number of carbonyl (C=O) groups is 1. The maximum Gasteiger partial charge on any atom is 0.293 e. The number of amides is 1. The minimum atomic E-state index is -1.31. The first kappa shape index (κ1) is 19.0. The summed E-state index contributed by atoms with van der Waals surface area (Å²) in [6.07, 6.45) is 4.13. The Morgan fingerprint density at radius 2 is 2.23 bits per heavy atom. The Morgan fingerprint density at radius 1 is 1.40 bits per heavy atom.